The number of H-pyrrole nitrogens is 1. The van der Waals surface area contributed by atoms with Gasteiger partial charge in [-0.15, -0.1) is 0 Å². The Kier molecular flexibility index (Phi) is 3.35. The number of aliphatic hydroxyl groups excluding tert-OH is 1. The molecule has 1 aromatic rings. The standard InChI is InChI=1S/C12H17FN2O5/c1-6-4-15(10(18)14-8(6)17)9-11(2,13)12(3,19)7(5-16)20-9/h4,7,9,16,19H,5H2,1-3H3,(H,14,17,18)/t7-,9+,11-,12+/m0/s1. The fourth-order valence-corrected chi connectivity index (χ4v) is 2.29. The molecule has 7 nitrogen and oxygen atoms in total. The first-order valence-corrected chi connectivity index (χ1v) is 6.12. The quantitative estimate of drug-likeness (QED) is 0.662. The SMILES string of the molecule is Cc1cn([C@@H]2O[C@@H](CO)[C@@](C)(O)[C@@]2(C)F)c(=O)[nH]c1=O. The van der Waals surface area contributed by atoms with Crippen LogP contribution in [0.4, 0.5) is 4.39 Å². The molecule has 0 aliphatic carbocycles. The van der Waals surface area contributed by atoms with Crippen LogP contribution in [-0.4, -0.2) is 43.7 Å². The van der Waals surface area contributed by atoms with Crippen LogP contribution in [0.2, 0.25) is 0 Å². The normalized spacial score (nSPS) is 37.3. The van der Waals surface area contributed by atoms with Crippen LogP contribution in [0.3, 0.4) is 0 Å². The van der Waals surface area contributed by atoms with E-state index in [1.54, 1.807) is 0 Å². The van der Waals surface area contributed by atoms with Crippen LogP contribution in [0, 0.1) is 6.92 Å². The van der Waals surface area contributed by atoms with Gasteiger partial charge in [0, 0.05) is 11.8 Å². The van der Waals surface area contributed by atoms with E-state index in [1.807, 2.05) is 4.98 Å². The Morgan fingerprint density at radius 3 is 2.60 bits per heavy atom. The molecule has 0 spiro atoms. The Hall–Kier alpha value is -1.51. The molecular formula is C12H17FN2O5. The minimum Gasteiger partial charge on any atom is -0.394 e. The van der Waals surface area contributed by atoms with Crippen LogP contribution < -0.4 is 11.2 Å². The van der Waals surface area contributed by atoms with Gasteiger partial charge in [0.25, 0.3) is 5.56 Å². The highest BCUT2D eigenvalue weighted by atomic mass is 19.1. The maximum absolute atomic E-state index is 14.9. The number of hydrogen-bond donors (Lipinski definition) is 3. The maximum Gasteiger partial charge on any atom is 0.330 e. The van der Waals surface area contributed by atoms with Crippen molar-refractivity contribution in [3.8, 4) is 0 Å². The molecule has 2 rings (SSSR count). The third kappa shape index (κ3) is 1.91. The number of ether oxygens (including phenoxy) is 1. The highest BCUT2D eigenvalue weighted by Gasteiger charge is 2.63. The topological polar surface area (TPSA) is 105 Å². The summed E-state index contributed by atoms with van der Waals surface area (Å²) in [6.07, 6.45) is -1.46. The first kappa shape index (κ1) is 14.9. The monoisotopic (exact) mass is 288 g/mol. The molecule has 20 heavy (non-hydrogen) atoms. The zero-order chi connectivity index (χ0) is 15.3. The Morgan fingerprint density at radius 1 is 1.50 bits per heavy atom. The summed E-state index contributed by atoms with van der Waals surface area (Å²) >= 11 is 0. The number of aryl methyl sites for hydroxylation is 1. The van der Waals surface area contributed by atoms with Crippen LogP contribution >= 0.6 is 0 Å². The molecule has 1 aliphatic rings. The number of nitrogens with zero attached hydrogens (tertiary/aromatic N) is 1. The molecule has 112 valence electrons. The highest BCUT2D eigenvalue weighted by molar-refractivity contribution is 5.11. The number of hydrogen-bond acceptors (Lipinski definition) is 5. The number of halogens is 1. The van der Waals surface area contributed by atoms with Crippen LogP contribution in [0.5, 0.6) is 0 Å². The number of rotatable bonds is 2. The molecule has 1 aliphatic heterocycles. The first-order valence-electron chi connectivity index (χ1n) is 6.12. The lowest BCUT2D eigenvalue weighted by Crippen LogP contribution is -2.52. The van der Waals surface area contributed by atoms with Crippen LogP contribution in [0.15, 0.2) is 15.8 Å². The second-order valence-electron chi connectivity index (χ2n) is 5.36. The van der Waals surface area contributed by atoms with Crippen molar-refractivity contribution in [2.75, 3.05) is 6.61 Å². The zero-order valence-corrected chi connectivity index (χ0v) is 11.4. The summed E-state index contributed by atoms with van der Waals surface area (Å²) in [5.74, 6) is 0. The summed E-state index contributed by atoms with van der Waals surface area (Å²) in [5, 5.41) is 19.4. The van der Waals surface area contributed by atoms with Gasteiger partial charge >= 0.3 is 5.69 Å². The van der Waals surface area contributed by atoms with E-state index < -0.39 is 41.5 Å². The lowest BCUT2D eigenvalue weighted by atomic mass is 9.85. The second-order valence-corrected chi connectivity index (χ2v) is 5.36. The van der Waals surface area contributed by atoms with Crippen molar-refractivity contribution in [2.24, 2.45) is 0 Å². The zero-order valence-electron chi connectivity index (χ0n) is 11.4. The van der Waals surface area contributed by atoms with Gasteiger partial charge in [-0.2, -0.15) is 0 Å². The average molecular weight is 288 g/mol. The Labute approximate surface area is 113 Å². The number of alkyl halides is 1. The van der Waals surface area contributed by atoms with Gasteiger partial charge in [-0.25, -0.2) is 9.18 Å². The molecule has 1 fully saturated rings. The van der Waals surface area contributed by atoms with Crippen LogP contribution in [0.1, 0.15) is 25.6 Å². The van der Waals surface area contributed by atoms with E-state index in [1.165, 1.54) is 20.0 Å². The van der Waals surface area contributed by atoms with E-state index in [2.05, 4.69) is 0 Å². The molecule has 3 N–H and O–H groups in total. The van der Waals surface area contributed by atoms with E-state index in [0.29, 0.717) is 0 Å². The number of nitrogens with one attached hydrogen (secondary N) is 1. The van der Waals surface area contributed by atoms with Crippen molar-refractivity contribution in [1.29, 1.82) is 0 Å². The van der Waals surface area contributed by atoms with Gasteiger partial charge in [-0.3, -0.25) is 14.3 Å². The average Bonchev–Trinajstić information content (AvgIpc) is 2.52. The minimum absolute atomic E-state index is 0.205. The van der Waals surface area contributed by atoms with Crippen molar-refractivity contribution in [2.45, 2.75) is 44.4 Å². The lowest BCUT2D eigenvalue weighted by molar-refractivity contribution is -0.0892. The molecular weight excluding hydrogens is 271 g/mol. The number of aliphatic hydroxyl groups is 2. The van der Waals surface area contributed by atoms with Gasteiger partial charge in [0.2, 0.25) is 0 Å². The van der Waals surface area contributed by atoms with E-state index in [0.717, 1.165) is 11.5 Å². The molecule has 0 saturated carbocycles. The van der Waals surface area contributed by atoms with E-state index >= 15 is 0 Å². The van der Waals surface area contributed by atoms with Crippen molar-refractivity contribution >= 4 is 0 Å². The highest BCUT2D eigenvalue weighted by Crippen LogP contribution is 2.47. The molecule has 0 unspecified atom stereocenters. The van der Waals surface area contributed by atoms with Gasteiger partial charge in [0.05, 0.1) is 6.61 Å². The van der Waals surface area contributed by atoms with Crippen LogP contribution in [-0.2, 0) is 4.74 Å². The molecule has 0 aromatic carbocycles. The Bertz CT molecular complexity index is 633. The van der Waals surface area contributed by atoms with Gasteiger partial charge in [0.15, 0.2) is 11.9 Å². The Morgan fingerprint density at radius 2 is 2.10 bits per heavy atom. The van der Waals surface area contributed by atoms with Crippen LogP contribution in [0.25, 0.3) is 0 Å². The summed E-state index contributed by atoms with van der Waals surface area (Å²) in [6.45, 7) is 3.14. The first-order chi connectivity index (χ1) is 9.12. The maximum atomic E-state index is 14.9. The minimum atomic E-state index is -2.32. The molecule has 1 aromatic heterocycles. The summed E-state index contributed by atoms with van der Waals surface area (Å²) in [6, 6.07) is 0. The van der Waals surface area contributed by atoms with Gasteiger partial charge in [0.1, 0.15) is 11.7 Å². The fraction of sp³-hybridized carbons (Fsp3) is 0.667. The molecule has 1 saturated heterocycles. The van der Waals surface area contributed by atoms with E-state index in [4.69, 9.17) is 9.84 Å². The molecule has 0 radical (unpaired) electrons. The predicted molar refractivity (Wildman–Crippen MR) is 67.2 cm³/mol. The van der Waals surface area contributed by atoms with Crippen molar-refractivity contribution in [3.05, 3.63) is 32.6 Å². The molecule has 0 bridgehead atoms. The summed E-state index contributed by atoms with van der Waals surface area (Å²) < 4.78 is 21.0. The summed E-state index contributed by atoms with van der Waals surface area (Å²) in [4.78, 5) is 25.2. The molecule has 4 atom stereocenters. The molecule has 8 heteroatoms. The molecule has 0 amide bonds. The molecule has 2 heterocycles. The smallest absolute Gasteiger partial charge is 0.330 e. The van der Waals surface area contributed by atoms with Crippen molar-refractivity contribution in [1.82, 2.24) is 9.55 Å². The van der Waals surface area contributed by atoms with Crippen molar-refractivity contribution < 1.29 is 19.3 Å². The Balaban J connectivity index is 2.57. The van der Waals surface area contributed by atoms with E-state index in [9.17, 15) is 19.1 Å². The summed E-state index contributed by atoms with van der Waals surface area (Å²) in [5.41, 5.74) is -5.51. The van der Waals surface area contributed by atoms with Gasteiger partial charge in [-0.1, -0.05) is 0 Å². The third-order valence-electron chi connectivity index (χ3n) is 3.94. The second kappa shape index (κ2) is 4.51. The van der Waals surface area contributed by atoms with Gasteiger partial charge < -0.3 is 14.9 Å². The number of aromatic nitrogens is 2. The summed E-state index contributed by atoms with van der Waals surface area (Å²) in [7, 11) is 0. The van der Waals surface area contributed by atoms with E-state index in [-0.39, 0.29) is 5.56 Å². The predicted octanol–water partition coefficient (Wildman–Crippen LogP) is -0.786. The van der Waals surface area contributed by atoms with Gasteiger partial charge in [-0.05, 0) is 20.8 Å². The largest absolute Gasteiger partial charge is 0.394 e. The third-order valence-corrected chi connectivity index (χ3v) is 3.94. The lowest BCUT2D eigenvalue weighted by Gasteiger charge is -2.32. The fourth-order valence-electron chi connectivity index (χ4n) is 2.29. The number of aromatic amines is 1. The van der Waals surface area contributed by atoms with Crippen molar-refractivity contribution in [3.63, 3.8) is 0 Å².